The van der Waals surface area contributed by atoms with Gasteiger partial charge >= 0.3 is 15.2 Å². The lowest BCUT2D eigenvalue weighted by Crippen LogP contribution is -2.37. The number of hydrogen-bond acceptors (Lipinski definition) is 10. The van der Waals surface area contributed by atoms with Gasteiger partial charge in [0.1, 0.15) is 18.5 Å². The highest BCUT2D eigenvalue weighted by atomic mass is 31.2. The number of aliphatic hydroxyl groups is 3. The van der Waals surface area contributed by atoms with Gasteiger partial charge in [0, 0.05) is 6.54 Å². The van der Waals surface area contributed by atoms with Crippen molar-refractivity contribution in [1.82, 2.24) is 19.5 Å². The lowest BCUT2D eigenvalue weighted by atomic mass is 9.87. The lowest BCUT2D eigenvalue weighted by Gasteiger charge is -2.26. The molecule has 14 nitrogen and oxygen atoms in total. The molecule has 220 valence electrons. The highest BCUT2D eigenvalue weighted by Gasteiger charge is 2.34. The zero-order valence-corrected chi connectivity index (χ0v) is 24.3. The topological polar surface area (TPSA) is 220 Å². The Labute approximate surface area is 231 Å². The third-order valence-corrected chi connectivity index (χ3v) is 9.54. The second kappa shape index (κ2) is 12.6. The monoisotopic (exact) mass is 599 g/mol. The summed E-state index contributed by atoms with van der Waals surface area (Å²) in [5, 5.41) is 35.3. The van der Waals surface area contributed by atoms with Crippen LogP contribution in [0.4, 0.5) is 5.82 Å². The Morgan fingerprint density at radius 1 is 1.07 bits per heavy atom. The molecule has 3 aromatic rings. The molecule has 0 amide bonds. The predicted molar refractivity (Wildman–Crippen MR) is 148 cm³/mol. The standard InChI is InChI=1S/C24H35N5O9P2/c1-5-16(11-38-40(36,37)14-39(33,34)35)19(30)20(31)23(32)29-13-28-18-21(26-12-27-22(18)29)25-10-15-6-8-17(9-7-15)24(2,3)4/h5-9,12-13,19-20,23,30-32H,10-11,14H2,1-4H3,(H,36,37)(H,25,26,27)(H2,33,34,35)/b16-5-/t19-,20-,23-/m1/s1. The van der Waals surface area contributed by atoms with E-state index in [4.69, 9.17) is 14.3 Å². The normalized spacial score (nSPS) is 16.9. The molecule has 0 aliphatic rings. The summed E-state index contributed by atoms with van der Waals surface area (Å²) < 4.78 is 28.8. The molecule has 1 unspecified atom stereocenters. The highest BCUT2D eigenvalue weighted by Crippen LogP contribution is 2.55. The van der Waals surface area contributed by atoms with Crippen LogP contribution in [0.1, 0.15) is 45.0 Å². The number of hydrogen-bond donors (Lipinski definition) is 7. The van der Waals surface area contributed by atoms with E-state index in [1.54, 1.807) is 0 Å². The van der Waals surface area contributed by atoms with E-state index in [0.29, 0.717) is 17.9 Å². The van der Waals surface area contributed by atoms with Crippen molar-refractivity contribution in [3.8, 4) is 0 Å². The minimum atomic E-state index is -4.84. The van der Waals surface area contributed by atoms with Crippen LogP contribution in [0.25, 0.3) is 11.2 Å². The van der Waals surface area contributed by atoms with Gasteiger partial charge in [-0.15, -0.1) is 0 Å². The molecule has 0 saturated heterocycles. The number of nitrogens with zero attached hydrogens (tertiary/aromatic N) is 4. The molecule has 0 spiro atoms. The summed E-state index contributed by atoms with van der Waals surface area (Å²) in [5.74, 6) is -1.02. The van der Waals surface area contributed by atoms with Gasteiger partial charge in [0.05, 0.1) is 12.9 Å². The van der Waals surface area contributed by atoms with E-state index in [0.717, 1.165) is 10.1 Å². The Morgan fingerprint density at radius 2 is 1.73 bits per heavy atom. The number of imidazole rings is 1. The zero-order chi connectivity index (χ0) is 29.9. The quantitative estimate of drug-likeness (QED) is 0.117. The number of anilines is 1. The smallest absolute Gasteiger partial charge is 0.340 e. The van der Waals surface area contributed by atoms with Crippen LogP contribution < -0.4 is 5.32 Å². The molecule has 0 radical (unpaired) electrons. The van der Waals surface area contributed by atoms with Gasteiger partial charge in [0.15, 0.2) is 29.1 Å². The number of aliphatic hydroxyl groups excluding tert-OH is 3. The van der Waals surface area contributed by atoms with Crippen molar-refractivity contribution >= 4 is 32.2 Å². The summed E-state index contributed by atoms with van der Waals surface area (Å²) in [6, 6.07) is 8.14. The maximum atomic E-state index is 11.9. The number of benzene rings is 1. The SMILES string of the molecule is C/C=C(/COP(=O)(O)CP(=O)(O)O)[C@@H](O)[C@@H](O)[C@@H](O)n1cnc2c(NCc3ccc(C(C)(C)C)cc3)ncnc21. The molecule has 0 bridgehead atoms. The van der Waals surface area contributed by atoms with E-state index >= 15 is 0 Å². The van der Waals surface area contributed by atoms with Crippen LogP contribution in [0, 0.1) is 0 Å². The van der Waals surface area contributed by atoms with Gasteiger partial charge in [-0.3, -0.25) is 13.7 Å². The molecule has 0 fully saturated rings. The third kappa shape index (κ3) is 8.26. The first-order chi connectivity index (χ1) is 18.5. The molecule has 2 heterocycles. The average Bonchev–Trinajstić information content (AvgIpc) is 3.30. The van der Waals surface area contributed by atoms with Gasteiger partial charge in [-0.25, -0.2) is 15.0 Å². The molecular formula is C24H35N5O9P2. The van der Waals surface area contributed by atoms with Crippen molar-refractivity contribution in [2.45, 2.75) is 58.1 Å². The number of fused-ring (bicyclic) bond motifs is 1. The molecule has 1 aromatic carbocycles. The fourth-order valence-electron chi connectivity index (χ4n) is 3.82. The Balaban J connectivity index is 1.72. The van der Waals surface area contributed by atoms with Crippen LogP contribution in [0.5, 0.6) is 0 Å². The zero-order valence-electron chi connectivity index (χ0n) is 22.5. The summed E-state index contributed by atoms with van der Waals surface area (Å²) in [6.45, 7) is 7.56. The molecule has 3 rings (SSSR count). The van der Waals surface area contributed by atoms with Gasteiger partial charge < -0.3 is 39.8 Å². The van der Waals surface area contributed by atoms with Crippen molar-refractivity contribution in [2.75, 3.05) is 17.8 Å². The third-order valence-electron chi connectivity index (χ3n) is 6.10. The minimum absolute atomic E-state index is 0.0315. The summed E-state index contributed by atoms with van der Waals surface area (Å²) in [4.78, 5) is 40.1. The van der Waals surface area contributed by atoms with E-state index < -0.39 is 46.1 Å². The van der Waals surface area contributed by atoms with Gasteiger partial charge in [0.2, 0.25) is 0 Å². The molecule has 40 heavy (non-hydrogen) atoms. The Bertz CT molecular complexity index is 1430. The molecule has 16 heteroatoms. The Morgan fingerprint density at radius 3 is 2.30 bits per heavy atom. The van der Waals surface area contributed by atoms with Crippen LogP contribution in [-0.4, -0.2) is 74.2 Å². The fourth-order valence-corrected chi connectivity index (χ4v) is 6.36. The predicted octanol–water partition coefficient (Wildman–Crippen LogP) is 2.23. The van der Waals surface area contributed by atoms with Crippen molar-refractivity contribution in [3.05, 3.63) is 59.7 Å². The summed E-state index contributed by atoms with van der Waals surface area (Å²) in [7, 11) is -9.54. The number of allylic oxidation sites excluding steroid dienone is 1. The number of nitrogens with one attached hydrogen (secondary N) is 1. The minimum Gasteiger partial charge on any atom is -0.386 e. The first-order valence-corrected chi connectivity index (χ1v) is 15.8. The van der Waals surface area contributed by atoms with E-state index in [1.165, 1.54) is 31.2 Å². The summed E-state index contributed by atoms with van der Waals surface area (Å²) >= 11 is 0. The molecule has 2 aromatic heterocycles. The molecule has 0 aliphatic heterocycles. The van der Waals surface area contributed by atoms with Crippen LogP contribution in [0.2, 0.25) is 0 Å². The molecule has 4 atom stereocenters. The largest absolute Gasteiger partial charge is 0.386 e. The molecular weight excluding hydrogens is 564 g/mol. The second-order valence-corrected chi connectivity index (χ2v) is 14.3. The molecule has 0 aliphatic carbocycles. The first-order valence-electron chi connectivity index (χ1n) is 12.2. The van der Waals surface area contributed by atoms with Gasteiger partial charge in [0.25, 0.3) is 0 Å². The second-order valence-electron chi connectivity index (χ2n) is 10.3. The summed E-state index contributed by atoms with van der Waals surface area (Å²) in [6.07, 6.45) is -1.63. The van der Waals surface area contributed by atoms with E-state index in [2.05, 4.69) is 53.2 Å². The van der Waals surface area contributed by atoms with Crippen molar-refractivity contribution in [2.24, 2.45) is 0 Å². The van der Waals surface area contributed by atoms with Crippen LogP contribution in [-0.2, 0) is 25.6 Å². The average molecular weight is 600 g/mol. The van der Waals surface area contributed by atoms with Crippen LogP contribution >= 0.6 is 15.2 Å². The molecule has 7 N–H and O–H groups in total. The van der Waals surface area contributed by atoms with Crippen LogP contribution in [0.15, 0.2) is 48.6 Å². The number of aromatic nitrogens is 4. The van der Waals surface area contributed by atoms with Crippen molar-refractivity contribution in [3.63, 3.8) is 0 Å². The Kier molecular flexibility index (Phi) is 10.1. The Hall–Kier alpha value is -2.51. The molecule has 0 saturated carbocycles. The maximum absolute atomic E-state index is 11.9. The van der Waals surface area contributed by atoms with Crippen molar-refractivity contribution < 1.29 is 43.7 Å². The fraction of sp³-hybridized carbons (Fsp3) is 0.458. The highest BCUT2D eigenvalue weighted by molar-refractivity contribution is 7.70. The van der Waals surface area contributed by atoms with E-state index in [1.807, 2.05) is 12.1 Å². The van der Waals surface area contributed by atoms with E-state index in [-0.39, 0.29) is 16.6 Å². The van der Waals surface area contributed by atoms with Crippen LogP contribution in [0.3, 0.4) is 0 Å². The van der Waals surface area contributed by atoms with Crippen molar-refractivity contribution in [1.29, 1.82) is 0 Å². The van der Waals surface area contributed by atoms with E-state index in [9.17, 15) is 29.3 Å². The lowest BCUT2D eigenvalue weighted by molar-refractivity contribution is -0.0795. The maximum Gasteiger partial charge on any atom is 0.340 e. The number of rotatable bonds is 12. The first kappa shape index (κ1) is 32.0. The summed E-state index contributed by atoms with van der Waals surface area (Å²) in [5.41, 5.74) is 2.61. The van der Waals surface area contributed by atoms with Gasteiger partial charge in [-0.05, 0) is 29.0 Å². The van der Waals surface area contributed by atoms with Gasteiger partial charge in [-0.2, -0.15) is 0 Å². The van der Waals surface area contributed by atoms with Gasteiger partial charge in [-0.1, -0.05) is 51.1 Å².